The molecule has 1 saturated heterocycles. The van der Waals surface area contributed by atoms with Crippen LogP contribution in [0.25, 0.3) is 11.0 Å². The molecule has 0 unspecified atom stereocenters. The minimum Gasteiger partial charge on any atom is -0.475 e. The van der Waals surface area contributed by atoms with Gasteiger partial charge in [0.2, 0.25) is 11.7 Å². The third-order valence-corrected chi connectivity index (χ3v) is 4.66. The number of furan rings is 1. The Balaban J connectivity index is 1.59. The van der Waals surface area contributed by atoms with Crippen LogP contribution in [0.3, 0.4) is 0 Å². The first kappa shape index (κ1) is 16.5. The van der Waals surface area contributed by atoms with E-state index in [1.54, 1.807) is 13.1 Å². The standard InChI is InChI=1S/C18H22N2O4/c1-19-17(21)9-12-4-6-20(7-5-12)11-13-2-3-15-14(8-13)10-16(24-15)18(22)23/h2-3,8,10,12H,4-7,9,11H2,1H3,(H,19,21)(H,22,23). The van der Waals surface area contributed by atoms with Gasteiger partial charge in [-0.25, -0.2) is 4.79 Å². The highest BCUT2D eigenvalue weighted by molar-refractivity contribution is 5.91. The number of fused-ring (bicyclic) bond motifs is 1. The van der Waals surface area contributed by atoms with Crippen molar-refractivity contribution < 1.29 is 19.1 Å². The summed E-state index contributed by atoms with van der Waals surface area (Å²) in [6.07, 6.45) is 2.68. The minimum atomic E-state index is -1.05. The molecule has 1 aromatic carbocycles. The van der Waals surface area contributed by atoms with Gasteiger partial charge >= 0.3 is 5.97 Å². The molecule has 1 amide bonds. The monoisotopic (exact) mass is 330 g/mol. The summed E-state index contributed by atoms with van der Waals surface area (Å²) in [5.41, 5.74) is 1.74. The van der Waals surface area contributed by atoms with Crippen molar-refractivity contribution in [3.63, 3.8) is 0 Å². The van der Waals surface area contributed by atoms with Crippen LogP contribution in [0, 0.1) is 5.92 Å². The second kappa shape index (κ2) is 7.05. The van der Waals surface area contributed by atoms with Crippen molar-refractivity contribution in [2.75, 3.05) is 20.1 Å². The molecule has 0 saturated carbocycles. The maximum atomic E-state index is 11.5. The number of likely N-dealkylation sites (tertiary alicyclic amines) is 1. The molecule has 3 rings (SSSR count). The van der Waals surface area contributed by atoms with E-state index in [1.807, 2.05) is 18.2 Å². The van der Waals surface area contributed by atoms with Crippen LogP contribution in [0.2, 0.25) is 0 Å². The quantitative estimate of drug-likeness (QED) is 0.880. The molecule has 0 spiro atoms. The van der Waals surface area contributed by atoms with E-state index >= 15 is 0 Å². The van der Waals surface area contributed by atoms with Crippen LogP contribution in [0.1, 0.15) is 35.4 Å². The van der Waals surface area contributed by atoms with Crippen molar-refractivity contribution in [3.8, 4) is 0 Å². The van der Waals surface area contributed by atoms with Crippen LogP contribution >= 0.6 is 0 Å². The number of amides is 1. The highest BCUT2D eigenvalue weighted by atomic mass is 16.4. The highest BCUT2D eigenvalue weighted by Crippen LogP contribution is 2.24. The number of piperidine rings is 1. The Kier molecular flexibility index (Phi) is 4.85. The second-order valence-corrected chi connectivity index (χ2v) is 6.38. The molecular weight excluding hydrogens is 308 g/mol. The third kappa shape index (κ3) is 3.76. The Morgan fingerprint density at radius 2 is 2.04 bits per heavy atom. The summed E-state index contributed by atoms with van der Waals surface area (Å²) >= 11 is 0. The Morgan fingerprint density at radius 3 is 2.71 bits per heavy atom. The van der Waals surface area contributed by atoms with Gasteiger partial charge in [-0.3, -0.25) is 9.69 Å². The van der Waals surface area contributed by atoms with Crippen molar-refractivity contribution in [1.82, 2.24) is 10.2 Å². The van der Waals surface area contributed by atoms with E-state index in [-0.39, 0.29) is 11.7 Å². The normalized spacial score (nSPS) is 16.4. The van der Waals surface area contributed by atoms with E-state index in [2.05, 4.69) is 10.2 Å². The second-order valence-electron chi connectivity index (χ2n) is 6.38. The molecule has 6 heteroatoms. The zero-order chi connectivity index (χ0) is 17.1. The van der Waals surface area contributed by atoms with Crippen LogP contribution in [-0.2, 0) is 11.3 Å². The number of nitrogens with one attached hydrogen (secondary N) is 1. The maximum absolute atomic E-state index is 11.5. The molecule has 2 aromatic rings. The number of rotatable bonds is 5. The van der Waals surface area contributed by atoms with E-state index in [1.165, 1.54) is 0 Å². The molecule has 128 valence electrons. The van der Waals surface area contributed by atoms with E-state index < -0.39 is 5.97 Å². The molecular formula is C18H22N2O4. The van der Waals surface area contributed by atoms with Crippen molar-refractivity contribution in [1.29, 1.82) is 0 Å². The maximum Gasteiger partial charge on any atom is 0.371 e. The number of hydrogen-bond acceptors (Lipinski definition) is 4. The number of aromatic carboxylic acids is 1. The summed E-state index contributed by atoms with van der Waals surface area (Å²) in [5.74, 6) is -0.494. The molecule has 24 heavy (non-hydrogen) atoms. The lowest BCUT2D eigenvalue weighted by Gasteiger charge is -2.31. The molecule has 1 aliphatic rings. The van der Waals surface area contributed by atoms with E-state index in [0.717, 1.165) is 43.4 Å². The third-order valence-electron chi connectivity index (χ3n) is 4.66. The lowest BCUT2D eigenvalue weighted by Crippen LogP contribution is -2.35. The van der Waals surface area contributed by atoms with Crippen LogP contribution in [0.15, 0.2) is 28.7 Å². The van der Waals surface area contributed by atoms with E-state index in [0.29, 0.717) is 17.9 Å². The topological polar surface area (TPSA) is 82.8 Å². The predicted octanol–water partition coefficient (Wildman–Crippen LogP) is 2.48. The Hall–Kier alpha value is -2.34. The fraction of sp³-hybridized carbons (Fsp3) is 0.444. The summed E-state index contributed by atoms with van der Waals surface area (Å²) in [4.78, 5) is 24.8. The summed E-state index contributed by atoms with van der Waals surface area (Å²) in [5, 5.41) is 12.5. The summed E-state index contributed by atoms with van der Waals surface area (Å²) in [6, 6.07) is 7.36. The average Bonchev–Trinajstić information content (AvgIpc) is 3.00. The molecule has 6 nitrogen and oxygen atoms in total. The van der Waals surface area contributed by atoms with Gasteiger partial charge in [-0.1, -0.05) is 6.07 Å². The van der Waals surface area contributed by atoms with Gasteiger partial charge in [0.25, 0.3) is 0 Å². The van der Waals surface area contributed by atoms with Gasteiger partial charge in [-0.2, -0.15) is 0 Å². The lowest BCUT2D eigenvalue weighted by molar-refractivity contribution is -0.121. The molecule has 1 aromatic heterocycles. The molecule has 2 heterocycles. The molecule has 1 fully saturated rings. The van der Waals surface area contributed by atoms with Gasteiger partial charge in [0.05, 0.1) is 0 Å². The average molecular weight is 330 g/mol. The molecule has 0 aliphatic carbocycles. The summed E-state index contributed by atoms with van der Waals surface area (Å²) in [6.45, 7) is 2.78. The fourth-order valence-electron chi connectivity index (χ4n) is 3.27. The molecule has 1 aliphatic heterocycles. The van der Waals surface area contributed by atoms with Crippen LogP contribution in [-0.4, -0.2) is 42.0 Å². The Morgan fingerprint density at radius 1 is 1.29 bits per heavy atom. The summed E-state index contributed by atoms with van der Waals surface area (Å²) in [7, 11) is 1.68. The first-order valence-electron chi connectivity index (χ1n) is 8.24. The molecule has 0 radical (unpaired) electrons. The first-order valence-corrected chi connectivity index (χ1v) is 8.24. The zero-order valence-corrected chi connectivity index (χ0v) is 13.7. The van der Waals surface area contributed by atoms with Crippen molar-refractivity contribution in [2.24, 2.45) is 5.92 Å². The van der Waals surface area contributed by atoms with Crippen molar-refractivity contribution in [3.05, 3.63) is 35.6 Å². The van der Waals surface area contributed by atoms with Gasteiger partial charge in [0.15, 0.2) is 0 Å². The van der Waals surface area contributed by atoms with E-state index in [4.69, 9.17) is 9.52 Å². The number of nitrogens with zero attached hydrogens (tertiary/aromatic N) is 1. The number of carbonyl (C=O) groups excluding carboxylic acids is 1. The molecule has 2 N–H and O–H groups in total. The molecule has 0 bridgehead atoms. The number of benzene rings is 1. The van der Waals surface area contributed by atoms with Gasteiger partial charge < -0.3 is 14.8 Å². The van der Waals surface area contributed by atoms with Gasteiger partial charge in [-0.15, -0.1) is 0 Å². The molecule has 0 atom stereocenters. The Bertz CT molecular complexity index is 745. The van der Waals surface area contributed by atoms with Crippen molar-refractivity contribution >= 4 is 22.8 Å². The van der Waals surface area contributed by atoms with Gasteiger partial charge in [0, 0.05) is 25.4 Å². The number of carboxylic acids is 1. The Labute approximate surface area is 140 Å². The van der Waals surface area contributed by atoms with E-state index in [9.17, 15) is 9.59 Å². The zero-order valence-electron chi connectivity index (χ0n) is 13.7. The van der Waals surface area contributed by atoms with Crippen LogP contribution in [0.5, 0.6) is 0 Å². The fourth-order valence-corrected chi connectivity index (χ4v) is 3.27. The van der Waals surface area contributed by atoms with Crippen LogP contribution < -0.4 is 5.32 Å². The smallest absolute Gasteiger partial charge is 0.371 e. The van der Waals surface area contributed by atoms with Crippen LogP contribution in [0.4, 0.5) is 0 Å². The summed E-state index contributed by atoms with van der Waals surface area (Å²) < 4.78 is 5.29. The minimum absolute atomic E-state index is 0.0304. The number of carboxylic acid groups (broad SMARTS) is 1. The van der Waals surface area contributed by atoms with Crippen molar-refractivity contribution in [2.45, 2.75) is 25.8 Å². The number of carbonyl (C=O) groups is 2. The van der Waals surface area contributed by atoms with Gasteiger partial charge in [0.1, 0.15) is 5.58 Å². The lowest BCUT2D eigenvalue weighted by atomic mass is 9.93. The highest BCUT2D eigenvalue weighted by Gasteiger charge is 2.21. The SMILES string of the molecule is CNC(=O)CC1CCN(Cc2ccc3oc(C(=O)O)cc3c2)CC1. The predicted molar refractivity (Wildman–Crippen MR) is 89.9 cm³/mol. The first-order chi connectivity index (χ1) is 11.5. The largest absolute Gasteiger partial charge is 0.475 e. The number of hydrogen-bond donors (Lipinski definition) is 2. The van der Waals surface area contributed by atoms with Gasteiger partial charge in [-0.05, 0) is 55.6 Å².